The Labute approximate surface area is 308 Å². The lowest BCUT2D eigenvalue weighted by Crippen LogP contribution is -2.01. The van der Waals surface area contributed by atoms with Crippen LogP contribution in [0.15, 0.2) is 170 Å². The van der Waals surface area contributed by atoms with Crippen LogP contribution in [0, 0.1) is 0 Å². The molecule has 7 aromatic carbocycles. The van der Waals surface area contributed by atoms with Gasteiger partial charge in [-0.15, -0.1) is 22.7 Å². The van der Waals surface area contributed by atoms with Gasteiger partial charge in [-0.1, -0.05) is 127 Å². The van der Waals surface area contributed by atoms with Gasteiger partial charge in [-0.2, -0.15) is 0 Å². The first-order chi connectivity index (χ1) is 25.7. The molecule has 0 bridgehead atoms. The van der Waals surface area contributed by atoms with Crippen LogP contribution in [0.4, 0.5) is 0 Å². The molecule has 3 aromatic heterocycles. The molecule has 0 saturated heterocycles. The maximum absolute atomic E-state index is 5.27. The number of hydrogen-bond acceptors (Lipinski definition) is 6. The average molecular weight is 701 g/mol. The highest BCUT2D eigenvalue weighted by molar-refractivity contribution is 7.26. The summed E-state index contributed by atoms with van der Waals surface area (Å²) >= 11 is 3.52. The molecule has 0 saturated carbocycles. The maximum Gasteiger partial charge on any atom is 0.164 e. The van der Waals surface area contributed by atoms with Crippen molar-refractivity contribution in [3.8, 4) is 67.0 Å². The predicted molar refractivity (Wildman–Crippen MR) is 219 cm³/mol. The largest absolute Gasteiger partial charge is 0.236 e. The summed E-state index contributed by atoms with van der Waals surface area (Å²) in [7, 11) is 0. The lowest BCUT2D eigenvalue weighted by molar-refractivity contribution is 1.08. The fraction of sp³-hybridized carbons (Fsp3) is 0. The Bertz CT molecular complexity index is 2810. The van der Waals surface area contributed by atoms with Gasteiger partial charge in [0.25, 0.3) is 0 Å². The standard InChI is InChI=1S/C46H28N4S2/c1-4-13-29(14-5-1)33-25-34(30-15-6-2-7-16-30)27-35(26-33)44-48-43(31-17-8-3-9-18-31)49-45(50-44)37-19-12-22-40-42(37)36-24-23-32(28-41(36)51-40)46-47-38-20-10-11-21-39(38)52-46/h1-28H. The van der Waals surface area contributed by atoms with Crippen molar-refractivity contribution >= 4 is 53.1 Å². The second-order valence-electron chi connectivity index (χ2n) is 12.7. The van der Waals surface area contributed by atoms with Crippen molar-refractivity contribution in [3.05, 3.63) is 170 Å². The first kappa shape index (κ1) is 30.5. The minimum absolute atomic E-state index is 0.633. The fourth-order valence-electron chi connectivity index (χ4n) is 6.83. The van der Waals surface area contributed by atoms with Gasteiger partial charge in [0, 0.05) is 42.4 Å². The Kier molecular flexibility index (Phi) is 7.48. The molecule has 0 fully saturated rings. The number of nitrogens with zero attached hydrogens (tertiary/aromatic N) is 4. The number of rotatable bonds is 6. The quantitative estimate of drug-likeness (QED) is 0.173. The van der Waals surface area contributed by atoms with E-state index in [-0.39, 0.29) is 0 Å². The average Bonchev–Trinajstić information content (AvgIpc) is 3.83. The molecule has 52 heavy (non-hydrogen) atoms. The van der Waals surface area contributed by atoms with Crippen LogP contribution < -0.4 is 0 Å². The van der Waals surface area contributed by atoms with Crippen molar-refractivity contribution in [2.45, 2.75) is 0 Å². The van der Waals surface area contributed by atoms with E-state index in [0.717, 1.165) is 60.4 Å². The van der Waals surface area contributed by atoms with E-state index in [2.05, 4.69) is 133 Å². The molecule has 10 rings (SSSR count). The van der Waals surface area contributed by atoms with Crippen LogP contribution in [0.2, 0.25) is 0 Å². The van der Waals surface area contributed by atoms with Crippen molar-refractivity contribution in [2.24, 2.45) is 0 Å². The second-order valence-corrected chi connectivity index (χ2v) is 14.8. The maximum atomic E-state index is 5.27. The number of hydrogen-bond donors (Lipinski definition) is 0. The molecular formula is C46H28N4S2. The molecule has 3 heterocycles. The number of fused-ring (bicyclic) bond motifs is 4. The van der Waals surface area contributed by atoms with E-state index in [9.17, 15) is 0 Å². The summed E-state index contributed by atoms with van der Waals surface area (Å²) in [6.45, 7) is 0. The highest BCUT2D eigenvalue weighted by Crippen LogP contribution is 2.42. The van der Waals surface area contributed by atoms with E-state index in [0.29, 0.717) is 17.5 Å². The normalized spacial score (nSPS) is 11.5. The minimum atomic E-state index is 0.633. The topological polar surface area (TPSA) is 51.6 Å². The molecule has 4 nitrogen and oxygen atoms in total. The fourth-order valence-corrected chi connectivity index (χ4v) is 8.97. The van der Waals surface area contributed by atoms with E-state index in [4.69, 9.17) is 19.9 Å². The summed E-state index contributed by atoms with van der Waals surface area (Å²) in [5.74, 6) is 1.92. The zero-order chi connectivity index (χ0) is 34.4. The van der Waals surface area contributed by atoms with Gasteiger partial charge in [-0.05, 0) is 64.7 Å². The summed E-state index contributed by atoms with van der Waals surface area (Å²) in [4.78, 5) is 20.5. The van der Waals surface area contributed by atoms with Crippen LogP contribution in [0.1, 0.15) is 0 Å². The summed E-state index contributed by atoms with van der Waals surface area (Å²) in [5, 5.41) is 3.36. The highest BCUT2D eigenvalue weighted by atomic mass is 32.1. The molecule has 0 amide bonds. The number of aromatic nitrogens is 4. The monoisotopic (exact) mass is 700 g/mol. The van der Waals surface area contributed by atoms with Crippen molar-refractivity contribution in [1.82, 2.24) is 19.9 Å². The van der Waals surface area contributed by atoms with Crippen LogP contribution >= 0.6 is 22.7 Å². The van der Waals surface area contributed by atoms with Crippen LogP contribution in [-0.2, 0) is 0 Å². The molecule has 0 aliphatic heterocycles. The number of para-hydroxylation sites is 1. The molecule has 0 unspecified atom stereocenters. The van der Waals surface area contributed by atoms with Gasteiger partial charge in [-0.25, -0.2) is 19.9 Å². The molecule has 6 heteroatoms. The zero-order valence-corrected chi connectivity index (χ0v) is 29.4. The molecule has 244 valence electrons. The third kappa shape index (κ3) is 5.55. The molecule has 0 N–H and O–H groups in total. The van der Waals surface area contributed by atoms with Gasteiger partial charge in [-0.3, -0.25) is 0 Å². The molecule has 0 aliphatic rings. The third-order valence-electron chi connectivity index (χ3n) is 9.35. The van der Waals surface area contributed by atoms with E-state index in [1.807, 2.05) is 36.4 Å². The molecule has 0 radical (unpaired) electrons. The Balaban J connectivity index is 1.17. The summed E-state index contributed by atoms with van der Waals surface area (Å²) in [6.07, 6.45) is 0. The van der Waals surface area contributed by atoms with Crippen molar-refractivity contribution in [3.63, 3.8) is 0 Å². The summed E-state index contributed by atoms with van der Waals surface area (Å²) < 4.78 is 3.59. The van der Waals surface area contributed by atoms with Crippen LogP contribution in [-0.4, -0.2) is 19.9 Å². The molecule has 0 atom stereocenters. The van der Waals surface area contributed by atoms with Gasteiger partial charge < -0.3 is 0 Å². The lowest BCUT2D eigenvalue weighted by atomic mass is 9.96. The first-order valence-corrected chi connectivity index (χ1v) is 18.8. The van der Waals surface area contributed by atoms with Gasteiger partial charge in [0.05, 0.1) is 10.2 Å². The molecule has 0 spiro atoms. The van der Waals surface area contributed by atoms with Crippen LogP contribution in [0.5, 0.6) is 0 Å². The highest BCUT2D eigenvalue weighted by Gasteiger charge is 2.19. The van der Waals surface area contributed by atoms with Crippen molar-refractivity contribution < 1.29 is 0 Å². The summed E-state index contributed by atoms with van der Waals surface area (Å²) in [5.41, 5.74) is 9.51. The number of thiazole rings is 1. The lowest BCUT2D eigenvalue weighted by Gasteiger charge is -2.13. The third-order valence-corrected chi connectivity index (χ3v) is 11.6. The Morgan fingerprint density at radius 3 is 1.60 bits per heavy atom. The number of thiophene rings is 1. The van der Waals surface area contributed by atoms with Crippen molar-refractivity contribution in [1.29, 1.82) is 0 Å². The number of benzene rings is 7. The Hall–Kier alpha value is -6.34. The van der Waals surface area contributed by atoms with E-state index in [1.54, 1.807) is 22.7 Å². The van der Waals surface area contributed by atoms with Gasteiger partial charge >= 0.3 is 0 Å². The first-order valence-electron chi connectivity index (χ1n) is 17.1. The van der Waals surface area contributed by atoms with Crippen LogP contribution in [0.3, 0.4) is 0 Å². The zero-order valence-electron chi connectivity index (χ0n) is 27.8. The Morgan fingerprint density at radius 1 is 0.327 bits per heavy atom. The van der Waals surface area contributed by atoms with E-state index >= 15 is 0 Å². The smallest absolute Gasteiger partial charge is 0.164 e. The van der Waals surface area contributed by atoms with Gasteiger partial charge in [0.2, 0.25) is 0 Å². The SMILES string of the molecule is c1ccc(-c2cc(-c3ccccc3)cc(-c3nc(-c4ccccc4)nc(-c4cccc5sc6cc(-c7nc8ccccc8s7)ccc6c45)n3)c2)cc1. The van der Waals surface area contributed by atoms with Crippen LogP contribution in [0.25, 0.3) is 97.4 Å². The van der Waals surface area contributed by atoms with Crippen molar-refractivity contribution in [2.75, 3.05) is 0 Å². The van der Waals surface area contributed by atoms with E-state index < -0.39 is 0 Å². The molecule has 10 aromatic rings. The van der Waals surface area contributed by atoms with Gasteiger partial charge in [0.15, 0.2) is 17.5 Å². The van der Waals surface area contributed by atoms with Gasteiger partial charge in [0.1, 0.15) is 5.01 Å². The molecule has 0 aliphatic carbocycles. The minimum Gasteiger partial charge on any atom is -0.236 e. The Morgan fingerprint density at radius 2 is 0.904 bits per heavy atom. The van der Waals surface area contributed by atoms with E-state index in [1.165, 1.54) is 19.5 Å². The molecular weight excluding hydrogens is 673 g/mol. The predicted octanol–water partition coefficient (Wildman–Crippen LogP) is 12.9. The second kappa shape index (κ2) is 12.8. The summed E-state index contributed by atoms with van der Waals surface area (Å²) in [6, 6.07) is 59.3.